The van der Waals surface area contributed by atoms with Crippen molar-refractivity contribution >= 4 is 55.8 Å². The third-order valence-corrected chi connectivity index (χ3v) is 5.21. The SMILES string of the molecule is CCOc1ccc(C(=O)Nc2nc3c(Cl)ccc(Cl)c3s2)cc1OCC. The number of rotatable bonds is 6. The lowest BCUT2D eigenvalue weighted by molar-refractivity contribution is 0.102. The van der Waals surface area contributed by atoms with Crippen LogP contribution in [0.3, 0.4) is 0 Å². The van der Waals surface area contributed by atoms with Crippen molar-refractivity contribution in [3.05, 3.63) is 45.9 Å². The summed E-state index contributed by atoms with van der Waals surface area (Å²) in [5, 5.41) is 4.23. The molecule has 0 aliphatic heterocycles. The molecule has 1 N–H and O–H groups in total. The number of benzene rings is 2. The zero-order chi connectivity index (χ0) is 18.7. The first kappa shape index (κ1) is 18.8. The average molecular weight is 411 g/mol. The quantitative estimate of drug-likeness (QED) is 0.569. The molecule has 0 fully saturated rings. The summed E-state index contributed by atoms with van der Waals surface area (Å²) in [4.78, 5) is 16.9. The average Bonchev–Trinajstić information content (AvgIpc) is 3.05. The van der Waals surface area contributed by atoms with E-state index in [-0.39, 0.29) is 5.91 Å². The molecule has 0 bridgehead atoms. The van der Waals surface area contributed by atoms with Gasteiger partial charge in [0.25, 0.3) is 5.91 Å². The molecule has 1 amide bonds. The number of halogens is 2. The Bertz CT molecular complexity index is 920. The van der Waals surface area contributed by atoms with Crippen molar-refractivity contribution < 1.29 is 14.3 Å². The summed E-state index contributed by atoms with van der Waals surface area (Å²) < 4.78 is 11.8. The monoisotopic (exact) mass is 410 g/mol. The first-order chi connectivity index (χ1) is 12.5. The second-order valence-corrected chi connectivity index (χ2v) is 7.02. The Hall–Kier alpha value is -2.02. The molecule has 26 heavy (non-hydrogen) atoms. The van der Waals surface area contributed by atoms with Crippen LogP contribution in [-0.4, -0.2) is 24.1 Å². The van der Waals surface area contributed by atoms with E-state index in [1.165, 1.54) is 11.3 Å². The van der Waals surface area contributed by atoms with Gasteiger partial charge >= 0.3 is 0 Å². The number of fused-ring (bicyclic) bond motifs is 1. The normalized spacial score (nSPS) is 10.8. The van der Waals surface area contributed by atoms with E-state index in [0.29, 0.717) is 51.0 Å². The molecule has 8 heteroatoms. The van der Waals surface area contributed by atoms with Crippen LogP contribution in [0.15, 0.2) is 30.3 Å². The lowest BCUT2D eigenvalue weighted by atomic mass is 10.2. The molecule has 1 heterocycles. The Kier molecular flexibility index (Phi) is 5.86. The maximum absolute atomic E-state index is 12.6. The molecular formula is C18H16Cl2N2O3S. The lowest BCUT2D eigenvalue weighted by Crippen LogP contribution is -2.12. The number of ether oxygens (including phenoxy) is 2. The standard InChI is InChI=1S/C18H16Cl2N2O3S/c1-3-24-13-8-5-10(9-14(13)25-4-2)17(23)22-18-21-15-11(19)6-7-12(20)16(15)26-18/h5-9H,3-4H2,1-2H3,(H,21,22,23). The molecule has 3 rings (SSSR count). The number of carbonyl (C=O) groups is 1. The molecule has 0 aliphatic rings. The van der Waals surface area contributed by atoms with Gasteiger partial charge in [-0.1, -0.05) is 34.5 Å². The topological polar surface area (TPSA) is 60.5 Å². The predicted octanol–water partition coefficient (Wildman–Crippen LogP) is 5.65. The van der Waals surface area contributed by atoms with Crippen molar-refractivity contribution in [2.45, 2.75) is 13.8 Å². The fraction of sp³-hybridized carbons (Fsp3) is 0.222. The molecule has 2 aromatic carbocycles. The molecule has 3 aromatic rings. The van der Waals surface area contributed by atoms with Crippen molar-refractivity contribution in [3.8, 4) is 11.5 Å². The molecule has 0 saturated carbocycles. The molecule has 1 aromatic heterocycles. The number of aromatic nitrogens is 1. The first-order valence-corrected chi connectivity index (χ1v) is 9.56. The minimum Gasteiger partial charge on any atom is -0.490 e. The van der Waals surface area contributed by atoms with Crippen LogP contribution in [0, 0.1) is 0 Å². The highest BCUT2D eigenvalue weighted by atomic mass is 35.5. The van der Waals surface area contributed by atoms with Gasteiger partial charge in [-0.05, 0) is 44.2 Å². The fourth-order valence-corrected chi connectivity index (χ4v) is 3.78. The van der Waals surface area contributed by atoms with E-state index in [2.05, 4.69) is 10.3 Å². The van der Waals surface area contributed by atoms with Crippen LogP contribution in [0.2, 0.25) is 10.0 Å². The number of hydrogen-bond donors (Lipinski definition) is 1. The van der Waals surface area contributed by atoms with Gasteiger partial charge < -0.3 is 9.47 Å². The summed E-state index contributed by atoms with van der Waals surface area (Å²) in [6, 6.07) is 8.43. The second kappa shape index (κ2) is 8.12. The van der Waals surface area contributed by atoms with Gasteiger partial charge in [0.1, 0.15) is 5.52 Å². The van der Waals surface area contributed by atoms with Crippen LogP contribution in [0.4, 0.5) is 5.13 Å². The van der Waals surface area contributed by atoms with E-state index in [1.807, 2.05) is 13.8 Å². The predicted molar refractivity (Wildman–Crippen MR) is 106 cm³/mol. The van der Waals surface area contributed by atoms with Crippen LogP contribution in [0.5, 0.6) is 11.5 Å². The lowest BCUT2D eigenvalue weighted by Gasteiger charge is -2.12. The van der Waals surface area contributed by atoms with Crippen LogP contribution in [-0.2, 0) is 0 Å². The highest BCUT2D eigenvalue weighted by molar-refractivity contribution is 7.23. The van der Waals surface area contributed by atoms with Gasteiger partial charge in [0.2, 0.25) is 0 Å². The number of nitrogens with one attached hydrogen (secondary N) is 1. The van der Waals surface area contributed by atoms with E-state index in [0.717, 1.165) is 4.70 Å². The Balaban J connectivity index is 1.87. The second-order valence-electron chi connectivity index (χ2n) is 5.21. The van der Waals surface area contributed by atoms with Crippen molar-refractivity contribution in [1.29, 1.82) is 0 Å². The smallest absolute Gasteiger partial charge is 0.257 e. The van der Waals surface area contributed by atoms with Gasteiger partial charge in [0, 0.05) is 5.56 Å². The highest BCUT2D eigenvalue weighted by Crippen LogP contribution is 2.36. The molecule has 0 unspecified atom stereocenters. The molecule has 0 radical (unpaired) electrons. The van der Waals surface area contributed by atoms with Gasteiger partial charge in [0.05, 0.1) is 28.0 Å². The Morgan fingerprint density at radius 1 is 1.08 bits per heavy atom. The summed E-state index contributed by atoms with van der Waals surface area (Å²) in [7, 11) is 0. The molecule has 0 atom stereocenters. The third kappa shape index (κ3) is 3.87. The van der Waals surface area contributed by atoms with Gasteiger partial charge in [-0.25, -0.2) is 4.98 Å². The third-order valence-electron chi connectivity index (χ3n) is 3.47. The van der Waals surface area contributed by atoms with Gasteiger partial charge in [0.15, 0.2) is 16.6 Å². The zero-order valence-electron chi connectivity index (χ0n) is 14.1. The van der Waals surface area contributed by atoms with Crippen molar-refractivity contribution in [3.63, 3.8) is 0 Å². The summed E-state index contributed by atoms with van der Waals surface area (Å²) >= 11 is 13.6. The fourth-order valence-electron chi connectivity index (χ4n) is 2.36. The number of carbonyl (C=O) groups excluding carboxylic acids is 1. The van der Waals surface area contributed by atoms with Crippen LogP contribution in [0.25, 0.3) is 10.2 Å². The van der Waals surface area contributed by atoms with E-state index in [4.69, 9.17) is 32.7 Å². The summed E-state index contributed by atoms with van der Waals surface area (Å²) in [6.07, 6.45) is 0. The van der Waals surface area contributed by atoms with E-state index >= 15 is 0 Å². The maximum atomic E-state index is 12.6. The highest BCUT2D eigenvalue weighted by Gasteiger charge is 2.15. The number of hydrogen-bond acceptors (Lipinski definition) is 5. The number of anilines is 1. The Morgan fingerprint density at radius 2 is 1.77 bits per heavy atom. The number of nitrogens with zero attached hydrogens (tertiary/aromatic N) is 1. The van der Waals surface area contributed by atoms with Crippen molar-refractivity contribution in [2.75, 3.05) is 18.5 Å². The van der Waals surface area contributed by atoms with E-state index < -0.39 is 0 Å². The van der Waals surface area contributed by atoms with Crippen LogP contribution < -0.4 is 14.8 Å². The van der Waals surface area contributed by atoms with Gasteiger partial charge in [-0.3, -0.25) is 10.1 Å². The number of amides is 1. The largest absolute Gasteiger partial charge is 0.490 e. The maximum Gasteiger partial charge on any atom is 0.257 e. The minimum atomic E-state index is -0.305. The van der Waals surface area contributed by atoms with E-state index in [9.17, 15) is 4.79 Å². The van der Waals surface area contributed by atoms with Crippen molar-refractivity contribution in [1.82, 2.24) is 4.98 Å². The van der Waals surface area contributed by atoms with E-state index in [1.54, 1.807) is 30.3 Å². The molecule has 136 valence electrons. The van der Waals surface area contributed by atoms with Gasteiger partial charge in [-0.2, -0.15) is 0 Å². The Morgan fingerprint density at radius 3 is 2.46 bits per heavy atom. The summed E-state index contributed by atoms with van der Waals surface area (Å²) in [6.45, 7) is 4.75. The molecular weight excluding hydrogens is 395 g/mol. The number of thiazole rings is 1. The van der Waals surface area contributed by atoms with Crippen LogP contribution in [0.1, 0.15) is 24.2 Å². The molecule has 0 spiro atoms. The van der Waals surface area contributed by atoms with Gasteiger partial charge in [-0.15, -0.1) is 0 Å². The first-order valence-electron chi connectivity index (χ1n) is 7.99. The molecule has 0 aliphatic carbocycles. The molecule has 0 saturated heterocycles. The van der Waals surface area contributed by atoms with Crippen molar-refractivity contribution in [2.24, 2.45) is 0 Å². The zero-order valence-corrected chi connectivity index (χ0v) is 16.5. The summed E-state index contributed by atoms with van der Waals surface area (Å²) in [5.41, 5.74) is 1.01. The molecule has 5 nitrogen and oxygen atoms in total. The Labute approximate surface area is 164 Å². The van der Waals surface area contributed by atoms with Crippen LogP contribution >= 0.6 is 34.5 Å². The minimum absolute atomic E-state index is 0.305. The summed E-state index contributed by atoms with van der Waals surface area (Å²) in [5.74, 6) is 0.821.